The summed E-state index contributed by atoms with van der Waals surface area (Å²) in [7, 11) is 0. The van der Waals surface area contributed by atoms with Gasteiger partial charge in [0, 0.05) is 12.2 Å². The van der Waals surface area contributed by atoms with E-state index in [1.807, 2.05) is 18.2 Å². The van der Waals surface area contributed by atoms with Gasteiger partial charge in [0.25, 0.3) is 0 Å². The maximum atomic E-state index is 13.2. The summed E-state index contributed by atoms with van der Waals surface area (Å²) in [5, 5.41) is 3.33. The van der Waals surface area contributed by atoms with Crippen molar-refractivity contribution >= 4 is 5.69 Å². The minimum atomic E-state index is -0.211. The van der Waals surface area contributed by atoms with E-state index in [2.05, 4.69) is 24.0 Å². The predicted molar refractivity (Wildman–Crippen MR) is 74.1 cm³/mol. The Morgan fingerprint density at radius 2 is 1.89 bits per heavy atom. The Hall–Kier alpha value is -2.09. The molecule has 0 spiro atoms. The molecule has 2 aromatic rings. The van der Waals surface area contributed by atoms with Crippen LogP contribution < -0.4 is 5.32 Å². The van der Waals surface area contributed by atoms with Crippen molar-refractivity contribution in [3.8, 4) is 0 Å². The topological polar surface area (TPSA) is 12.0 Å². The number of nitrogens with one attached hydrogen (secondary N) is 1. The average molecular weight is 241 g/mol. The van der Waals surface area contributed by atoms with E-state index in [1.54, 1.807) is 18.2 Å². The number of anilines is 1. The summed E-state index contributed by atoms with van der Waals surface area (Å²) in [6.07, 6.45) is 2.44. The molecular weight excluding hydrogens is 225 g/mol. The third-order valence-corrected chi connectivity index (χ3v) is 2.76. The van der Waals surface area contributed by atoms with Gasteiger partial charge in [0.1, 0.15) is 5.82 Å². The largest absolute Gasteiger partial charge is 0.381 e. The molecule has 0 unspecified atom stereocenters. The van der Waals surface area contributed by atoms with Gasteiger partial charge in [-0.25, -0.2) is 4.39 Å². The van der Waals surface area contributed by atoms with Crippen molar-refractivity contribution in [3.05, 3.63) is 78.1 Å². The van der Waals surface area contributed by atoms with Gasteiger partial charge in [-0.3, -0.25) is 0 Å². The Labute approximate surface area is 107 Å². The second-order valence-electron chi connectivity index (χ2n) is 4.13. The fourth-order valence-electron chi connectivity index (χ4n) is 1.85. The van der Waals surface area contributed by atoms with Gasteiger partial charge in [-0.15, -0.1) is 6.58 Å². The van der Waals surface area contributed by atoms with Gasteiger partial charge < -0.3 is 5.32 Å². The van der Waals surface area contributed by atoms with Crippen LogP contribution in [-0.2, 0) is 13.0 Å². The molecule has 2 rings (SSSR count). The first-order valence-corrected chi connectivity index (χ1v) is 5.96. The summed E-state index contributed by atoms with van der Waals surface area (Å²) in [5.41, 5.74) is 3.09. The number of benzene rings is 2. The van der Waals surface area contributed by atoms with Crippen LogP contribution in [0.25, 0.3) is 0 Å². The quantitative estimate of drug-likeness (QED) is 0.775. The third kappa shape index (κ3) is 3.20. The Bertz CT molecular complexity index is 520. The van der Waals surface area contributed by atoms with Crippen LogP contribution >= 0.6 is 0 Å². The summed E-state index contributed by atoms with van der Waals surface area (Å²) < 4.78 is 13.2. The molecule has 0 fully saturated rings. The smallest absolute Gasteiger partial charge is 0.123 e. The zero-order valence-corrected chi connectivity index (χ0v) is 10.2. The summed E-state index contributed by atoms with van der Waals surface area (Å²) in [6.45, 7) is 4.43. The first-order valence-electron chi connectivity index (χ1n) is 5.96. The highest BCUT2D eigenvalue weighted by Gasteiger charge is 2.02. The molecule has 0 radical (unpaired) electrons. The highest BCUT2D eigenvalue weighted by atomic mass is 19.1. The summed E-state index contributed by atoms with van der Waals surface area (Å²) in [4.78, 5) is 0. The molecule has 0 heterocycles. The number of hydrogen-bond donors (Lipinski definition) is 1. The van der Waals surface area contributed by atoms with Crippen LogP contribution in [0.15, 0.2) is 61.2 Å². The van der Waals surface area contributed by atoms with E-state index in [1.165, 1.54) is 11.6 Å². The summed E-state index contributed by atoms with van der Waals surface area (Å²) in [6, 6.07) is 14.9. The van der Waals surface area contributed by atoms with Crippen molar-refractivity contribution in [1.29, 1.82) is 0 Å². The molecule has 0 aromatic heterocycles. The molecule has 0 bridgehead atoms. The van der Waals surface area contributed by atoms with Crippen molar-refractivity contribution in [1.82, 2.24) is 0 Å². The first kappa shape index (κ1) is 12.4. The number of hydrogen-bond acceptors (Lipinski definition) is 1. The lowest BCUT2D eigenvalue weighted by Gasteiger charge is -2.11. The van der Waals surface area contributed by atoms with E-state index in [0.29, 0.717) is 6.42 Å². The van der Waals surface area contributed by atoms with Crippen molar-refractivity contribution in [2.75, 3.05) is 5.32 Å². The van der Waals surface area contributed by atoms with Gasteiger partial charge >= 0.3 is 0 Å². The molecule has 92 valence electrons. The van der Waals surface area contributed by atoms with Crippen LogP contribution in [0.2, 0.25) is 0 Å². The normalized spacial score (nSPS) is 10.1. The molecule has 2 aromatic carbocycles. The number of allylic oxidation sites excluding steroid dienone is 1. The molecular formula is C16H16FN. The van der Waals surface area contributed by atoms with Gasteiger partial charge in [-0.1, -0.05) is 36.4 Å². The molecule has 0 atom stereocenters. The standard InChI is InChI=1S/C16H16FN/c1-2-6-14-11-15(17)9-10-16(14)18-12-13-7-4-3-5-8-13/h2-5,7-11,18H,1,6,12H2. The Morgan fingerprint density at radius 1 is 1.11 bits per heavy atom. The summed E-state index contributed by atoms with van der Waals surface area (Å²) in [5.74, 6) is -0.211. The van der Waals surface area contributed by atoms with Gasteiger partial charge in [-0.05, 0) is 35.7 Å². The third-order valence-electron chi connectivity index (χ3n) is 2.76. The van der Waals surface area contributed by atoms with Crippen LogP contribution in [0.4, 0.5) is 10.1 Å². The van der Waals surface area contributed by atoms with Crippen molar-refractivity contribution in [2.24, 2.45) is 0 Å². The summed E-state index contributed by atoms with van der Waals surface area (Å²) >= 11 is 0. The van der Waals surface area contributed by atoms with Crippen molar-refractivity contribution < 1.29 is 4.39 Å². The van der Waals surface area contributed by atoms with Crippen LogP contribution in [0.3, 0.4) is 0 Å². The maximum absolute atomic E-state index is 13.2. The van der Waals surface area contributed by atoms with Gasteiger partial charge in [0.15, 0.2) is 0 Å². The molecule has 0 saturated heterocycles. The van der Waals surface area contributed by atoms with E-state index < -0.39 is 0 Å². The molecule has 0 aliphatic heterocycles. The SMILES string of the molecule is C=CCc1cc(F)ccc1NCc1ccccc1. The second-order valence-corrected chi connectivity index (χ2v) is 4.13. The highest BCUT2D eigenvalue weighted by Crippen LogP contribution is 2.19. The van der Waals surface area contributed by atoms with E-state index in [4.69, 9.17) is 0 Å². The minimum Gasteiger partial charge on any atom is -0.381 e. The zero-order chi connectivity index (χ0) is 12.8. The lowest BCUT2D eigenvalue weighted by atomic mass is 10.1. The van der Waals surface area contributed by atoms with Crippen LogP contribution in [0.5, 0.6) is 0 Å². The molecule has 18 heavy (non-hydrogen) atoms. The fraction of sp³-hybridized carbons (Fsp3) is 0.125. The lowest BCUT2D eigenvalue weighted by Crippen LogP contribution is -2.02. The van der Waals surface area contributed by atoms with Gasteiger partial charge in [0.05, 0.1) is 0 Å². The second kappa shape index (κ2) is 6.01. The van der Waals surface area contributed by atoms with E-state index >= 15 is 0 Å². The Kier molecular flexibility index (Phi) is 4.13. The maximum Gasteiger partial charge on any atom is 0.123 e. The Morgan fingerprint density at radius 3 is 2.61 bits per heavy atom. The average Bonchev–Trinajstić information content (AvgIpc) is 2.39. The molecule has 0 aliphatic rings. The molecule has 1 nitrogen and oxygen atoms in total. The van der Waals surface area contributed by atoms with Crippen molar-refractivity contribution in [2.45, 2.75) is 13.0 Å². The number of rotatable bonds is 5. The predicted octanol–water partition coefficient (Wildman–Crippen LogP) is 4.17. The minimum absolute atomic E-state index is 0.211. The van der Waals surface area contributed by atoms with E-state index in [9.17, 15) is 4.39 Å². The van der Waals surface area contributed by atoms with Gasteiger partial charge in [-0.2, -0.15) is 0 Å². The molecule has 0 amide bonds. The fourth-order valence-corrected chi connectivity index (χ4v) is 1.85. The monoisotopic (exact) mass is 241 g/mol. The number of halogens is 1. The molecule has 0 saturated carbocycles. The molecule has 0 aliphatic carbocycles. The van der Waals surface area contributed by atoms with Crippen LogP contribution in [0.1, 0.15) is 11.1 Å². The van der Waals surface area contributed by atoms with E-state index in [0.717, 1.165) is 17.8 Å². The van der Waals surface area contributed by atoms with Crippen LogP contribution in [-0.4, -0.2) is 0 Å². The Balaban J connectivity index is 2.11. The zero-order valence-electron chi connectivity index (χ0n) is 10.2. The highest BCUT2D eigenvalue weighted by molar-refractivity contribution is 5.52. The van der Waals surface area contributed by atoms with Crippen LogP contribution in [0, 0.1) is 5.82 Å². The van der Waals surface area contributed by atoms with Crippen molar-refractivity contribution in [3.63, 3.8) is 0 Å². The molecule has 2 heteroatoms. The lowest BCUT2D eigenvalue weighted by molar-refractivity contribution is 0.626. The van der Waals surface area contributed by atoms with E-state index in [-0.39, 0.29) is 5.82 Å². The first-order chi connectivity index (χ1) is 8.79. The molecule has 1 N–H and O–H groups in total. The van der Waals surface area contributed by atoms with Gasteiger partial charge in [0.2, 0.25) is 0 Å².